The van der Waals surface area contributed by atoms with Gasteiger partial charge in [-0.05, 0) is 36.8 Å². The Kier molecular flexibility index (Phi) is 6.88. The van der Waals surface area contributed by atoms with E-state index in [1.807, 2.05) is 67.6 Å². The summed E-state index contributed by atoms with van der Waals surface area (Å²) in [4.78, 5) is 12.2. The van der Waals surface area contributed by atoms with Crippen LogP contribution in [0.15, 0.2) is 78.9 Å². The largest absolute Gasteiger partial charge is 0.490 e. The summed E-state index contributed by atoms with van der Waals surface area (Å²) in [5, 5.41) is 0.666. The fraction of sp³-hybridized carbons (Fsp3) is 0.125. The van der Waals surface area contributed by atoms with Gasteiger partial charge in [0.05, 0.1) is 6.61 Å². The quantitative estimate of drug-likeness (QED) is 0.337. The van der Waals surface area contributed by atoms with E-state index in [-0.39, 0.29) is 5.78 Å². The van der Waals surface area contributed by atoms with Crippen molar-refractivity contribution in [3.8, 4) is 11.5 Å². The lowest BCUT2D eigenvalue weighted by molar-refractivity contribution is 0.104. The molecule has 0 heterocycles. The van der Waals surface area contributed by atoms with Gasteiger partial charge in [0.1, 0.15) is 6.61 Å². The Morgan fingerprint density at radius 3 is 2.43 bits per heavy atom. The molecule has 4 heteroatoms. The molecule has 0 saturated heterocycles. The first-order valence-electron chi connectivity index (χ1n) is 9.08. The molecule has 0 atom stereocenters. The molecule has 3 rings (SSSR count). The molecule has 0 spiro atoms. The molecule has 0 radical (unpaired) electrons. The Morgan fingerprint density at radius 2 is 1.68 bits per heavy atom. The van der Waals surface area contributed by atoms with Gasteiger partial charge in [0.15, 0.2) is 17.3 Å². The number of allylic oxidation sites excluding steroid dienone is 1. The zero-order valence-corrected chi connectivity index (χ0v) is 16.4. The Hall–Kier alpha value is -3.04. The van der Waals surface area contributed by atoms with Crippen LogP contribution in [0, 0.1) is 0 Å². The van der Waals surface area contributed by atoms with Gasteiger partial charge in [0.2, 0.25) is 0 Å². The van der Waals surface area contributed by atoms with Crippen LogP contribution < -0.4 is 9.47 Å². The number of carbonyl (C=O) groups is 1. The number of hydrogen-bond acceptors (Lipinski definition) is 3. The number of ether oxygens (including phenoxy) is 2. The summed E-state index contributed by atoms with van der Waals surface area (Å²) in [6.45, 7) is 2.78. The number of benzene rings is 3. The van der Waals surface area contributed by atoms with Gasteiger partial charge in [0, 0.05) is 16.1 Å². The maximum atomic E-state index is 12.2. The highest BCUT2D eigenvalue weighted by molar-refractivity contribution is 6.31. The normalized spacial score (nSPS) is 10.8. The first kappa shape index (κ1) is 19.7. The maximum Gasteiger partial charge on any atom is 0.185 e. The average Bonchev–Trinajstić information content (AvgIpc) is 2.73. The highest BCUT2D eigenvalue weighted by Gasteiger charge is 2.08. The van der Waals surface area contributed by atoms with Gasteiger partial charge in [-0.1, -0.05) is 72.3 Å². The molecule has 0 amide bonds. The summed E-state index contributed by atoms with van der Waals surface area (Å²) in [5.41, 5.74) is 2.42. The van der Waals surface area contributed by atoms with E-state index < -0.39 is 0 Å². The molecule has 3 aromatic carbocycles. The van der Waals surface area contributed by atoms with Crippen LogP contribution in [0.3, 0.4) is 0 Å². The lowest BCUT2D eigenvalue weighted by Gasteiger charge is -2.13. The summed E-state index contributed by atoms with van der Waals surface area (Å²) < 4.78 is 11.6. The Balaban J connectivity index is 1.74. The van der Waals surface area contributed by atoms with Crippen LogP contribution in [0.25, 0.3) is 6.08 Å². The molecule has 0 aromatic heterocycles. The first-order chi connectivity index (χ1) is 13.7. The summed E-state index contributed by atoms with van der Waals surface area (Å²) in [7, 11) is 0. The van der Waals surface area contributed by atoms with Gasteiger partial charge in [-0.25, -0.2) is 0 Å². The van der Waals surface area contributed by atoms with Gasteiger partial charge < -0.3 is 9.47 Å². The first-order valence-corrected chi connectivity index (χ1v) is 9.45. The van der Waals surface area contributed by atoms with E-state index in [1.54, 1.807) is 24.3 Å². The standard InChI is InChI=1S/C24H21ClO3/c1-2-27-24-16-18(12-14-22(26)19-8-4-3-5-9-19)13-15-23(24)28-17-20-10-6-7-11-21(20)25/h3-16H,2,17H2,1H3. The molecule has 0 N–H and O–H groups in total. The van der Waals surface area contributed by atoms with Crippen LogP contribution in [0.2, 0.25) is 5.02 Å². The van der Waals surface area contributed by atoms with E-state index in [0.717, 1.165) is 11.1 Å². The molecule has 0 saturated carbocycles. The lowest BCUT2D eigenvalue weighted by Crippen LogP contribution is -2.00. The van der Waals surface area contributed by atoms with Gasteiger partial charge in [-0.15, -0.1) is 0 Å². The van der Waals surface area contributed by atoms with E-state index in [0.29, 0.717) is 35.3 Å². The third kappa shape index (κ3) is 5.24. The van der Waals surface area contributed by atoms with Crippen molar-refractivity contribution in [2.24, 2.45) is 0 Å². The topological polar surface area (TPSA) is 35.5 Å². The summed E-state index contributed by atoms with van der Waals surface area (Å²) in [6.07, 6.45) is 3.33. The van der Waals surface area contributed by atoms with Crippen LogP contribution in [-0.4, -0.2) is 12.4 Å². The Morgan fingerprint density at radius 1 is 0.929 bits per heavy atom. The Bertz CT molecular complexity index is 965. The van der Waals surface area contributed by atoms with E-state index in [2.05, 4.69) is 0 Å². The SMILES string of the molecule is CCOc1cc(C=CC(=O)c2ccccc2)ccc1OCc1ccccc1Cl. The molecule has 0 aliphatic heterocycles. The highest BCUT2D eigenvalue weighted by Crippen LogP contribution is 2.30. The van der Waals surface area contributed by atoms with Gasteiger partial charge in [-0.3, -0.25) is 4.79 Å². The van der Waals surface area contributed by atoms with Crippen molar-refractivity contribution < 1.29 is 14.3 Å². The van der Waals surface area contributed by atoms with Crippen LogP contribution in [0.1, 0.15) is 28.4 Å². The van der Waals surface area contributed by atoms with Crippen molar-refractivity contribution in [1.82, 2.24) is 0 Å². The molecule has 3 nitrogen and oxygen atoms in total. The van der Waals surface area contributed by atoms with E-state index in [4.69, 9.17) is 21.1 Å². The second-order valence-corrected chi connectivity index (χ2v) is 6.49. The van der Waals surface area contributed by atoms with Crippen molar-refractivity contribution in [1.29, 1.82) is 0 Å². The molecule has 142 valence electrons. The molecule has 3 aromatic rings. The lowest BCUT2D eigenvalue weighted by atomic mass is 10.1. The fourth-order valence-electron chi connectivity index (χ4n) is 2.66. The average molecular weight is 393 g/mol. The number of ketones is 1. The second-order valence-electron chi connectivity index (χ2n) is 6.08. The van der Waals surface area contributed by atoms with E-state index in [1.165, 1.54) is 0 Å². The number of carbonyl (C=O) groups excluding carboxylic acids is 1. The molecule has 28 heavy (non-hydrogen) atoms. The van der Waals surface area contributed by atoms with Crippen LogP contribution in [0.4, 0.5) is 0 Å². The number of hydrogen-bond donors (Lipinski definition) is 0. The molecular weight excluding hydrogens is 372 g/mol. The number of rotatable bonds is 8. The monoisotopic (exact) mass is 392 g/mol. The molecule has 0 aliphatic rings. The summed E-state index contributed by atoms with van der Waals surface area (Å²) in [5.74, 6) is 1.22. The minimum atomic E-state index is -0.0439. The van der Waals surface area contributed by atoms with Crippen LogP contribution in [0.5, 0.6) is 11.5 Å². The molecule has 0 fully saturated rings. The van der Waals surface area contributed by atoms with E-state index >= 15 is 0 Å². The van der Waals surface area contributed by atoms with E-state index in [9.17, 15) is 4.79 Å². The predicted molar refractivity (Wildman–Crippen MR) is 113 cm³/mol. The second kappa shape index (κ2) is 9.77. The van der Waals surface area contributed by atoms with Crippen LogP contribution in [-0.2, 0) is 6.61 Å². The van der Waals surface area contributed by atoms with Gasteiger partial charge in [0.25, 0.3) is 0 Å². The Labute approximate surface area is 170 Å². The number of halogens is 1. The predicted octanol–water partition coefficient (Wildman–Crippen LogP) is 6.21. The smallest absolute Gasteiger partial charge is 0.185 e. The van der Waals surface area contributed by atoms with Crippen molar-refractivity contribution in [3.63, 3.8) is 0 Å². The third-order valence-corrected chi connectivity index (χ3v) is 4.46. The van der Waals surface area contributed by atoms with Gasteiger partial charge >= 0.3 is 0 Å². The minimum absolute atomic E-state index is 0.0439. The third-order valence-electron chi connectivity index (χ3n) is 4.09. The van der Waals surface area contributed by atoms with Crippen molar-refractivity contribution in [2.75, 3.05) is 6.61 Å². The van der Waals surface area contributed by atoms with Crippen molar-refractivity contribution in [2.45, 2.75) is 13.5 Å². The fourth-order valence-corrected chi connectivity index (χ4v) is 2.85. The highest BCUT2D eigenvalue weighted by atomic mass is 35.5. The van der Waals surface area contributed by atoms with Gasteiger partial charge in [-0.2, -0.15) is 0 Å². The van der Waals surface area contributed by atoms with Crippen LogP contribution >= 0.6 is 11.6 Å². The summed E-state index contributed by atoms with van der Waals surface area (Å²) in [6, 6.07) is 22.3. The molecule has 0 bridgehead atoms. The minimum Gasteiger partial charge on any atom is -0.490 e. The molecular formula is C24H21ClO3. The maximum absolute atomic E-state index is 12.2. The zero-order valence-electron chi connectivity index (χ0n) is 15.6. The van der Waals surface area contributed by atoms with Crippen molar-refractivity contribution >= 4 is 23.5 Å². The van der Waals surface area contributed by atoms with Crippen molar-refractivity contribution in [3.05, 3.63) is 101 Å². The summed E-state index contributed by atoms with van der Waals surface area (Å²) >= 11 is 6.19. The zero-order chi connectivity index (χ0) is 19.8. The molecule has 0 aliphatic carbocycles. The molecule has 0 unspecified atom stereocenters.